The van der Waals surface area contributed by atoms with Crippen LogP contribution in [0.25, 0.3) is 0 Å². The van der Waals surface area contributed by atoms with Crippen LogP contribution in [0.4, 0.5) is 13.2 Å². The van der Waals surface area contributed by atoms with Crippen LogP contribution in [-0.4, -0.2) is 17.5 Å². The molecule has 1 nitrogen and oxygen atoms in total. The normalized spacial score (nSPS) is 22.0. The molecule has 1 atom stereocenters. The molecule has 0 N–H and O–H groups in total. The number of hydrogen-bond donors (Lipinski definition) is 0. The average Bonchev–Trinajstić information content (AvgIpc) is 2.64. The molecule has 1 heterocycles. The van der Waals surface area contributed by atoms with Crippen LogP contribution >= 0.6 is 0 Å². The first-order valence-electron chi connectivity index (χ1n) is 5.87. The van der Waals surface area contributed by atoms with Crippen LogP contribution in [0.2, 0.25) is 0 Å². The van der Waals surface area contributed by atoms with E-state index in [4.69, 9.17) is 0 Å². The van der Waals surface area contributed by atoms with Gasteiger partial charge in [-0.05, 0) is 37.9 Å². The van der Waals surface area contributed by atoms with E-state index in [2.05, 4.69) is 11.8 Å². The van der Waals surface area contributed by atoms with Crippen LogP contribution in [0.3, 0.4) is 0 Å². The Morgan fingerprint density at radius 1 is 1.35 bits per heavy atom. The van der Waals surface area contributed by atoms with Gasteiger partial charge in [-0.3, -0.25) is 4.90 Å². The molecule has 1 unspecified atom stereocenters. The van der Waals surface area contributed by atoms with Crippen molar-refractivity contribution in [3.8, 4) is 0 Å². The Morgan fingerprint density at radius 2 is 2.12 bits per heavy atom. The SMILES string of the molecule is CC1CCCN1Cc1cccc(C(F)(F)F)c1. The number of likely N-dealkylation sites (tertiary alicyclic amines) is 1. The van der Waals surface area contributed by atoms with E-state index in [9.17, 15) is 13.2 Å². The van der Waals surface area contributed by atoms with E-state index < -0.39 is 11.7 Å². The molecule has 1 fully saturated rings. The van der Waals surface area contributed by atoms with Crippen molar-refractivity contribution in [1.82, 2.24) is 4.90 Å². The third kappa shape index (κ3) is 3.00. The molecular weight excluding hydrogens is 227 g/mol. The number of rotatable bonds is 2. The highest BCUT2D eigenvalue weighted by Gasteiger charge is 2.30. The largest absolute Gasteiger partial charge is 0.416 e. The van der Waals surface area contributed by atoms with Crippen LogP contribution in [0, 0.1) is 0 Å². The van der Waals surface area contributed by atoms with Gasteiger partial charge in [0.05, 0.1) is 5.56 Å². The van der Waals surface area contributed by atoms with E-state index in [1.807, 2.05) is 0 Å². The average molecular weight is 243 g/mol. The van der Waals surface area contributed by atoms with Gasteiger partial charge < -0.3 is 0 Å². The number of halogens is 3. The number of nitrogens with zero attached hydrogens (tertiary/aromatic N) is 1. The minimum Gasteiger partial charge on any atom is -0.296 e. The fraction of sp³-hybridized carbons (Fsp3) is 0.538. The lowest BCUT2D eigenvalue weighted by Crippen LogP contribution is -2.26. The standard InChI is InChI=1S/C13H16F3N/c1-10-4-3-7-17(10)9-11-5-2-6-12(8-11)13(14,15)16/h2,5-6,8,10H,3-4,7,9H2,1H3. The first-order chi connectivity index (χ1) is 7.97. The van der Waals surface area contributed by atoms with Crippen molar-refractivity contribution in [2.24, 2.45) is 0 Å². The van der Waals surface area contributed by atoms with E-state index in [0.29, 0.717) is 12.6 Å². The van der Waals surface area contributed by atoms with Crippen molar-refractivity contribution in [1.29, 1.82) is 0 Å². The van der Waals surface area contributed by atoms with Crippen molar-refractivity contribution in [3.63, 3.8) is 0 Å². The smallest absolute Gasteiger partial charge is 0.296 e. The Labute approximate surface area is 99.2 Å². The summed E-state index contributed by atoms with van der Waals surface area (Å²) in [7, 11) is 0. The second-order valence-corrected chi connectivity index (χ2v) is 4.66. The predicted octanol–water partition coefficient (Wildman–Crippen LogP) is 3.69. The quantitative estimate of drug-likeness (QED) is 0.765. The summed E-state index contributed by atoms with van der Waals surface area (Å²) < 4.78 is 37.6. The van der Waals surface area contributed by atoms with Gasteiger partial charge in [-0.2, -0.15) is 13.2 Å². The van der Waals surface area contributed by atoms with Gasteiger partial charge in [-0.25, -0.2) is 0 Å². The van der Waals surface area contributed by atoms with Gasteiger partial charge in [0, 0.05) is 12.6 Å². The zero-order valence-corrected chi connectivity index (χ0v) is 9.80. The molecule has 0 aromatic heterocycles. The van der Waals surface area contributed by atoms with E-state index in [0.717, 1.165) is 31.0 Å². The van der Waals surface area contributed by atoms with Crippen LogP contribution in [-0.2, 0) is 12.7 Å². The van der Waals surface area contributed by atoms with Gasteiger partial charge >= 0.3 is 6.18 Å². The second kappa shape index (κ2) is 4.69. The van der Waals surface area contributed by atoms with Gasteiger partial charge in [0.25, 0.3) is 0 Å². The Kier molecular flexibility index (Phi) is 3.43. The van der Waals surface area contributed by atoms with Crippen molar-refractivity contribution < 1.29 is 13.2 Å². The maximum atomic E-state index is 12.5. The van der Waals surface area contributed by atoms with Gasteiger partial charge in [-0.1, -0.05) is 18.2 Å². The zero-order chi connectivity index (χ0) is 12.5. The summed E-state index contributed by atoms with van der Waals surface area (Å²) in [5, 5.41) is 0. The van der Waals surface area contributed by atoms with Crippen molar-refractivity contribution in [2.45, 2.75) is 38.5 Å². The fourth-order valence-electron chi connectivity index (χ4n) is 2.31. The summed E-state index contributed by atoms with van der Waals surface area (Å²) >= 11 is 0. The Balaban J connectivity index is 2.11. The highest BCUT2D eigenvalue weighted by molar-refractivity contribution is 5.25. The van der Waals surface area contributed by atoms with E-state index in [1.54, 1.807) is 6.07 Å². The number of hydrogen-bond acceptors (Lipinski definition) is 1. The topological polar surface area (TPSA) is 3.24 Å². The van der Waals surface area contributed by atoms with E-state index in [-0.39, 0.29) is 0 Å². The summed E-state index contributed by atoms with van der Waals surface area (Å²) in [6, 6.07) is 6.10. The molecule has 2 rings (SSSR count). The predicted molar refractivity (Wildman–Crippen MR) is 60.6 cm³/mol. The second-order valence-electron chi connectivity index (χ2n) is 4.66. The molecule has 1 aromatic carbocycles. The summed E-state index contributed by atoms with van der Waals surface area (Å²) in [5.74, 6) is 0. The molecule has 94 valence electrons. The molecular formula is C13H16F3N. The Hall–Kier alpha value is -1.03. The summed E-state index contributed by atoms with van der Waals surface area (Å²) in [5.41, 5.74) is 0.190. The number of alkyl halides is 3. The van der Waals surface area contributed by atoms with Crippen molar-refractivity contribution in [2.75, 3.05) is 6.54 Å². The lowest BCUT2D eigenvalue weighted by atomic mass is 10.1. The Bertz CT molecular complexity index is 386. The van der Waals surface area contributed by atoms with Gasteiger partial charge in [0.1, 0.15) is 0 Å². The monoisotopic (exact) mass is 243 g/mol. The van der Waals surface area contributed by atoms with Crippen LogP contribution in [0.15, 0.2) is 24.3 Å². The Morgan fingerprint density at radius 3 is 2.71 bits per heavy atom. The minimum absolute atomic E-state index is 0.476. The van der Waals surface area contributed by atoms with Gasteiger partial charge in [-0.15, -0.1) is 0 Å². The van der Waals surface area contributed by atoms with Crippen molar-refractivity contribution in [3.05, 3.63) is 35.4 Å². The first kappa shape index (κ1) is 12.4. The van der Waals surface area contributed by atoms with Gasteiger partial charge in [0.15, 0.2) is 0 Å². The van der Waals surface area contributed by atoms with E-state index in [1.165, 1.54) is 12.1 Å². The molecule has 1 aliphatic heterocycles. The molecule has 1 aromatic rings. The van der Waals surface area contributed by atoms with E-state index >= 15 is 0 Å². The molecule has 1 aliphatic rings. The maximum absolute atomic E-state index is 12.5. The third-order valence-corrected chi connectivity index (χ3v) is 3.33. The summed E-state index contributed by atoms with van der Waals surface area (Å²) in [4.78, 5) is 2.23. The van der Waals surface area contributed by atoms with Crippen LogP contribution in [0.1, 0.15) is 30.9 Å². The molecule has 0 spiro atoms. The third-order valence-electron chi connectivity index (χ3n) is 3.33. The molecule has 1 saturated heterocycles. The van der Waals surface area contributed by atoms with Crippen LogP contribution in [0.5, 0.6) is 0 Å². The molecule has 0 radical (unpaired) electrons. The van der Waals surface area contributed by atoms with Gasteiger partial charge in [0.2, 0.25) is 0 Å². The highest BCUT2D eigenvalue weighted by Crippen LogP contribution is 2.30. The molecule has 0 bridgehead atoms. The fourth-order valence-corrected chi connectivity index (χ4v) is 2.31. The van der Waals surface area contributed by atoms with Crippen molar-refractivity contribution >= 4 is 0 Å². The minimum atomic E-state index is -4.24. The lowest BCUT2D eigenvalue weighted by Gasteiger charge is -2.21. The number of benzene rings is 1. The molecule has 0 amide bonds. The maximum Gasteiger partial charge on any atom is 0.416 e. The molecule has 17 heavy (non-hydrogen) atoms. The molecule has 0 aliphatic carbocycles. The highest BCUT2D eigenvalue weighted by atomic mass is 19.4. The first-order valence-corrected chi connectivity index (χ1v) is 5.87. The summed E-state index contributed by atoms with van der Waals surface area (Å²) in [6.45, 7) is 3.73. The van der Waals surface area contributed by atoms with Crippen LogP contribution < -0.4 is 0 Å². The lowest BCUT2D eigenvalue weighted by molar-refractivity contribution is -0.137. The molecule has 4 heteroatoms. The molecule has 0 saturated carbocycles. The zero-order valence-electron chi connectivity index (χ0n) is 9.80. The summed E-state index contributed by atoms with van der Waals surface area (Å²) in [6.07, 6.45) is -1.97.